The van der Waals surface area contributed by atoms with Crippen molar-refractivity contribution in [3.8, 4) is 0 Å². The lowest BCUT2D eigenvalue weighted by Crippen LogP contribution is -2.26. The van der Waals surface area contributed by atoms with Crippen molar-refractivity contribution in [2.24, 2.45) is 11.8 Å². The van der Waals surface area contributed by atoms with Crippen LogP contribution >= 0.6 is 0 Å². The molecule has 20 heavy (non-hydrogen) atoms. The molecule has 0 N–H and O–H groups in total. The normalized spacial score (nSPS) is 13.2. The summed E-state index contributed by atoms with van der Waals surface area (Å²) in [4.78, 5) is 23.0. The van der Waals surface area contributed by atoms with Crippen LogP contribution in [0.4, 0.5) is 0 Å². The molecule has 0 saturated heterocycles. The molecule has 0 spiro atoms. The Bertz CT molecular complexity index is 346. The quantitative estimate of drug-likeness (QED) is 0.456. The zero-order valence-electron chi connectivity index (χ0n) is 12.8. The van der Waals surface area contributed by atoms with E-state index in [2.05, 4.69) is 13.2 Å². The highest BCUT2D eigenvalue weighted by molar-refractivity contribution is 5.88. The molecule has 0 aromatic heterocycles. The van der Waals surface area contributed by atoms with Gasteiger partial charge in [-0.25, -0.2) is 9.59 Å². The van der Waals surface area contributed by atoms with Crippen molar-refractivity contribution in [1.82, 2.24) is 0 Å². The molecule has 0 aliphatic rings. The van der Waals surface area contributed by atoms with E-state index in [0.717, 1.165) is 25.3 Å². The topological polar surface area (TPSA) is 52.6 Å². The number of hydrogen-bond acceptors (Lipinski definition) is 4. The summed E-state index contributed by atoms with van der Waals surface area (Å²) in [7, 11) is 0. The van der Waals surface area contributed by atoms with Gasteiger partial charge in [-0.05, 0) is 31.6 Å². The Hall–Kier alpha value is -1.58. The number of hydrogen-bond donors (Lipinski definition) is 0. The fourth-order valence-corrected chi connectivity index (χ4v) is 2.15. The summed E-state index contributed by atoms with van der Waals surface area (Å²) in [6.45, 7) is 13.7. The molecule has 2 atom stereocenters. The maximum Gasteiger partial charge on any atom is 0.333 e. The molecule has 2 unspecified atom stereocenters. The lowest BCUT2D eigenvalue weighted by molar-refractivity contribution is -0.140. The Labute approximate surface area is 121 Å². The third-order valence-electron chi connectivity index (χ3n) is 3.28. The van der Waals surface area contributed by atoms with Gasteiger partial charge in [0.2, 0.25) is 0 Å². The predicted octanol–water partition coefficient (Wildman–Crippen LogP) is 3.28. The van der Waals surface area contributed by atoms with Gasteiger partial charge in [-0.1, -0.05) is 33.4 Å². The summed E-state index contributed by atoms with van der Waals surface area (Å²) in [6, 6.07) is 0. The largest absolute Gasteiger partial charge is 0.463 e. The maximum absolute atomic E-state index is 11.8. The highest BCUT2D eigenvalue weighted by Gasteiger charge is 2.27. The van der Waals surface area contributed by atoms with Crippen LogP contribution in [0.3, 0.4) is 0 Å². The SMILES string of the molecule is C=CC(=O)OCC(CC)C(CCC)C(=C)C(=O)OCC. The van der Waals surface area contributed by atoms with E-state index in [-0.39, 0.29) is 24.4 Å². The molecule has 0 aromatic rings. The second-order valence-electron chi connectivity index (χ2n) is 4.64. The van der Waals surface area contributed by atoms with Crippen molar-refractivity contribution in [3.63, 3.8) is 0 Å². The first-order valence-corrected chi connectivity index (χ1v) is 7.16. The Morgan fingerprint density at radius 1 is 1.20 bits per heavy atom. The summed E-state index contributed by atoms with van der Waals surface area (Å²) >= 11 is 0. The third kappa shape index (κ3) is 6.04. The molecule has 0 radical (unpaired) electrons. The molecule has 4 heteroatoms. The minimum atomic E-state index is -0.444. The number of carbonyl (C=O) groups excluding carboxylic acids is 2. The number of rotatable bonds is 10. The molecule has 0 rings (SSSR count). The molecular weight excluding hydrogens is 256 g/mol. The zero-order valence-corrected chi connectivity index (χ0v) is 12.8. The monoisotopic (exact) mass is 282 g/mol. The van der Waals surface area contributed by atoms with Gasteiger partial charge < -0.3 is 9.47 Å². The third-order valence-corrected chi connectivity index (χ3v) is 3.28. The molecule has 0 fully saturated rings. The Morgan fingerprint density at radius 2 is 1.85 bits per heavy atom. The van der Waals surface area contributed by atoms with Crippen LogP contribution in [-0.2, 0) is 19.1 Å². The smallest absolute Gasteiger partial charge is 0.333 e. The van der Waals surface area contributed by atoms with Crippen molar-refractivity contribution in [2.75, 3.05) is 13.2 Å². The summed E-state index contributed by atoms with van der Waals surface area (Å²) in [5.41, 5.74) is 0.468. The van der Waals surface area contributed by atoms with Crippen molar-refractivity contribution in [2.45, 2.75) is 40.0 Å². The highest BCUT2D eigenvalue weighted by atomic mass is 16.5. The van der Waals surface area contributed by atoms with E-state index in [4.69, 9.17) is 9.47 Å². The van der Waals surface area contributed by atoms with Crippen LogP contribution < -0.4 is 0 Å². The van der Waals surface area contributed by atoms with E-state index in [1.807, 2.05) is 13.8 Å². The van der Waals surface area contributed by atoms with E-state index in [0.29, 0.717) is 12.2 Å². The van der Waals surface area contributed by atoms with Crippen LogP contribution in [0.25, 0.3) is 0 Å². The second-order valence-corrected chi connectivity index (χ2v) is 4.64. The van der Waals surface area contributed by atoms with Crippen molar-refractivity contribution < 1.29 is 19.1 Å². The molecule has 0 amide bonds. The van der Waals surface area contributed by atoms with Crippen LogP contribution in [-0.4, -0.2) is 25.2 Å². The first-order valence-electron chi connectivity index (χ1n) is 7.16. The first-order chi connectivity index (χ1) is 9.51. The first kappa shape index (κ1) is 18.4. The Kier molecular flexibility index (Phi) is 9.43. The Balaban J connectivity index is 4.81. The standard InChI is InChI=1S/C16H26O4/c1-6-10-14(12(5)16(18)19-9-4)13(7-2)11-20-15(17)8-3/h8,13-14H,3,5-7,9-11H2,1-2,4H3. The number of esters is 2. The summed E-state index contributed by atoms with van der Waals surface area (Å²) in [5, 5.41) is 0. The molecule has 0 saturated carbocycles. The highest BCUT2D eigenvalue weighted by Crippen LogP contribution is 2.28. The molecule has 4 nitrogen and oxygen atoms in total. The zero-order chi connectivity index (χ0) is 15.5. The number of carbonyl (C=O) groups is 2. The van der Waals surface area contributed by atoms with Gasteiger partial charge >= 0.3 is 11.9 Å². The van der Waals surface area contributed by atoms with Crippen LogP contribution in [0.5, 0.6) is 0 Å². The maximum atomic E-state index is 11.8. The summed E-state index contributed by atoms with van der Waals surface area (Å²) in [6.07, 6.45) is 3.69. The molecule has 0 heterocycles. The minimum absolute atomic E-state index is 0.0262. The lowest BCUT2D eigenvalue weighted by atomic mass is 9.82. The fraction of sp³-hybridized carbons (Fsp3) is 0.625. The van der Waals surface area contributed by atoms with Gasteiger partial charge in [-0.15, -0.1) is 0 Å². The van der Waals surface area contributed by atoms with Gasteiger partial charge in [0.05, 0.1) is 13.2 Å². The van der Waals surface area contributed by atoms with Gasteiger partial charge in [0.15, 0.2) is 0 Å². The van der Waals surface area contributed by atoms with Crippen LogP contribution in [0.15, 0.2) is 24.8 Å². The van der Waals surface area contributed by atoms with E-state index in [1.54, 1.807) is 6.92 Å². The van der Waals surface area contributed by atoms with E-state index < -0.39 is 5.97 Å². The average Bonchev–Trinajstić information content (AvgIpc) is 2.45. The molecule has 0 aliphatic carbocycles. The molecule has 0 bridgehead atoms. The molecule has 0 aromatic carbocycles. The number of ether oxygens (including phenoxy) is 2. The summed E-state index contributed by atoms with van der Waals surface area (Å²) < 4.78 is 10.1. The van der Waals surface area contributed by atoms with Crippen molar-refractivity contribution in [1.29, 1.82) is 0 Å². The van der Waals surface area contributed by atoms with Crippen LogP contribution in [0, 0.1) is 11.8 Å². The molecule has 0 aliphatic heterocycles. The van der Waals surface area contributed by atoms with Crippen molar-refractivity contribution >= 4 is 11.9 Å². The van der Waals surface area contributed by atoms with Gasteiger partial charge in [0, 0.05) is 11.6 Å². The molecular formula is C16H26O4. The van der Waals surface area contributed by atoms with Gasteiger partial charge in [0.1, 0.15) is 0 Å². The van der Waals surface area contributed by atoms with Crippen LogP contribution in [0.1, 0.15) is 40.0 Å². The van der Waals surface area contributed by atoms with Gasteiger partial charge in [-0.3, -0.25) is 0 Å². The average molecular weight is 282 g/mol. The Morgan fingerprint density at radius 3 is 2.30 bits per heavy atom. The second kappa shape index (κ2) is 10.2. The van der Waals surface area contributed by atoms with Crippen molar-refractivity contribution in [3.05, 3.63) is 24.8 Å². The predicted molar refractivity (Wildman–Crippen MR) is 79.1 cm³/mol. The fourth-order valence-electron chi connectivity index (χ4n) is 2.15. The lowest BCUT2D eigenvalue weighted by Gasteiger charge is -2.26. The molecule has 114 valence electrons. The minimum Gasteiger partial charge on any atom is -0.463 e. The van der Waals surface area contributed by atoms with Gasteiger partial charge in [0.25, 0.3) is 0 Å². The van der Waals surface area contributed by atoms with Gasteiger partial charge in [-0.2, -0.15) is 0 Å². The van der Waals surface area contributed by atoms with E-state index >= 15 is 0 Å². The summed E-state index contributed by atoms with van der Waals surface area (Å²) in [5.74, 6) is -0.766. The van der Waals surface area contributed by atoms with E-state index in [1.165, 1.54) is 0 Å². The van der Waals surface area contributed by atoms with E-state index in [9.17, 15) is 9.59 Å². The van der Waals surface area contributed by atoms with Crippen LogP contribution in [0.2, 0.25) is 0 Å².